The van der Waals surface area contributed by atoms with Crippen LogP contribution in [0.1, 0.15) is 13.8 Å². The molecule has 2 heterocycles. The van der Waals surface area contributed by atoms with Gasteiger partial charge in [-0.1, -0.05) is 0 Å². The summed E-state index contributed by atoms with van der Waals surface area (Å²) in [5.41, 5.74) is -1.23. The van der Waals surface area contributed by atoms with E-state index in [1.165, 1.54) is 35.3 Å². The molecule has 25 heavy (non-hydrogen) atoms. The first kappa shape index (κ1) is 16.5. The standard InChI is InChI=1S/C16H15FN6O2/c1-16(2,25-12-6-4-11(17)5-7-12)13(24)22-15-20-10-21-23(15)14-18-8-3-9-19-14/h3-10H,1-2H3,(H,20,21,22,24). The Balaban J connectivity index is 1.76. The van der Waals surface area contributed by atoms with E-state index in [2.05, 4.69) is 25.4 Å². The molecule has 1 N–H and O–H groups in total. The molecule has 3 aromatic rings. The molecule has 9 heteroatoms. The van der Waals surface area contributed by atoms with Crippen LogP contribution in [-0.2, 0) is 4.79 Å². The largest absolute Gasteiger partial charge is 0.478 e. The maximum absolute atomic E-state index is 13.0. The molecule has 0 aliphatic carbocycles. The maximum atomic E-state index is 13.0. The molecule has 128 valence electrons. The van der Waals surface area contributed by atoms with Gasteiger partial charge in [-0.3, -0.25) is 10.1 Å². The number of amides is 1. The Labute approximate surface area is 142 Å². The van der Waals surface area contributed by atoms with E-state index in [4.69, 9.17) is 4.74 Å². The monoisotopic (exact) mass is 342 g/mol. The first-order valence-corrected chi connectivity index (χ1v) is 7.39. The number of anilines is 1. The number of benzene rings is 1. The van der Waals surface area contributed by atoms with E-state index in [1.54, 1.807) is 32.3 Å². The van der Waals surface area contributed by atoms with Crippen molar-refractivity contribution in [3.8, 4) is 11.7 Å². The van der Waals surface area contributed by atoms with Gasteiger partial charge in [0.25, 0.3) is 11.9 Å². The number of rotatable bonds is 5. The van der Waals surface area contributed by atoms with Crippen molar-refractivity contribution in [2.75, 3.05) is 5.32 Å². The summed E-state index contributed by atoms with van der Waals surface area (Å²) in [6.45, 7) is 3.18. The van der Waals surface area contributed by atoms with Crippen LogP contribution in [0, 0.1) is 5.82 Å². The predicted molar refractivity (Wildman–Crippen MR) is 86.7 cm³/mol. The summed E-state index contributed by atoms with van der Waals surface area (Å²) in [4.78, 5) is 24.7. The summed E-state index contributed by atoms with van der Waals surface area (Å²) in [6.07, 6.45) is 4.38. The second kappa shape index (κ2) is 6.63. The van der Waals surface area contributed by atoms with E-state index in [-0.39, 0.29) is 17.7 Å². The minimum atomic E-state index is -1.23. The average molecular weight is 342 g/mol. The van der Waals surface area contributed by atoms with Crippen LogP contribution in [0.15, 0.2) is 49.1 Å². The molecule has 0 spiro atoms. The second-order valence-corrected chi connectivity index (χ2v) is 5.56. The maximum Gasteiger partial charge on any atom is 0.270 e. The van der Waals surface area contributed by atoms with E-state index in [0.29, 0.717) is 5.75 Å². The quantitative estimate of drug-likeness (QED) is 0.762. The van der Waals surface area contributed by atoms with E-state index in [9.17, 15) is 9.18 Å². The Hall–Kier alpha value is -3.36. The van der Waals surface area contributed by atoms with Crippen LogP contribution >= 0.6 is 0 Å². The van der Waals surface area contributed by atoms with Gasteiger partial charge < -0.3 is 4.74 Å². The zero-order chi connectivity index (χ0) is 17.9. The molecule has 0 saturated heterocycles. The van der Waals surface area contributed by atoms with Crippen molar-refractivity contribution in [2.24, 2.45) is 0 Å². The Kier molecular flexibility index (Phi) is 4.38. The van der Waals surface area contributed by atoms with Gasteiger partial charge in [-0.15, -0.1) is 0 Å². The van der Waals surface area contributed by atoms with Crippen molar-refractivity contribution in [3.63, 3.8) is 0 Å². The third kappa shape index (κ3) is 3.77. The summed E-state index contributed by atoms with van der Waals surface area (Å²) in [5.74, 6) is -0.0403. The van der Waals surface area contributed by atoms with Gasteiger partial charge in [-0.2, -0.15) is 14.8 Å². The van der Waals surface area contributed by atoms with Gasteiger partial charge in [0.15, 0.2) is 5.60 Å². The number of carbonyl (C=O) groups is 1. The third-order valence-corrected chi connectivity index (χ3v) is 3.25. The topological polar surface area (TPSA) is 94.8 Å². The van der Waals surface area contributed by atoms with Gasteiger partial charge in [0, 0.05) is 12.4 Å². The smallest absolute Gasteiger partial charge is 0.270 e. The van der Waals surface area contributed by atoms with Gasteiger partial charge in [0.2, 0.25) is 5.95 Å². The Morgan fingerprint density at radius 2 is 1.84 bits per heavy atom. The van der Waals surface area contributed by atoms with Crippen molar-refractivity contribution in [1.82, 2.24) is 24.7 Å². The molecule has 0 unspecified atom stereocenters. The van der Waals surface area contributed by atoms with Crippen molar-refractivity contribution in [2.45, 2.75) is 19.4 Å². The first-order chi connectivity index (χ1) is 12.0. The van der Waals surface area contributed by atoms with E-state index in [0.717, 1.165) is 0 Å². The highest BCUT2D eigenvalue weighted by Crippen LogP contribution is 2.20. The molecule has 0 aliphatic rings. The minimum Gasteiger partial charge on any atom is -0.478 e. The molecular weight excluding hydrogens is 327 g/mol. The predicted octanol–water partition coefficient (Wildman–Crippen LogP) is 1.99. The molecule has 0 radical (unpaired) electrons. The molecular formula is C16H15FN6O2. The summed E-state index contributed by atoms with van der Waals surface area (Å²) < 4.78 is 19.9. The highest BCUT2D eigenvalue weighted by molar-refractivity contribution is 5.95. The van der Waals surface area contributed by atoms with Gasteiger partial charge in [-0.25, -0.2) is 14.4 Å². The van der Waals surface area contributed by atoms with Gasteiger partial charge in [0.05, 0.1) is 0 Å². The van der Waals surface area contributed by atoms with E-state index < -0.39 is 11.5 Å². The van der Waals surface area contributed by atoms with Gasteiger partial charge in [-0.05, 0) is 44.2 Å². The number of aromatic nitrogens is 5. The Morgan fingerprint density at radius 1 is 1.16 bits per heavy atom. The van der Waals surface area contributed by atoms with Crippen LogP contribution in [0.3, 0.4) is 0 Å². The van der Waals surface area contributed by atoms with Crippen LogP contribution in [0.2, 0.25) is 0 Å². The van der Waals surface area contributed by atoms with Crippen molar-refractivity contribution in [1.29, 1.82) is 0 Å². The molecule has 1 amide bonds. The lowest BCUT2D eigenvalue weighted by Crippen LogP contribution is -2.43. The normalized spacial score (nSPS) is 11.2. The van der Waals surface area contributed by atoms with Crippen molar-refractivity contribution >= 4 is 11.9 Å². The third-order valence-electron chi connectivity index (χ3n) is 3.25. The highest BCUT2D eigenvalue weighted by Gasteiger charge is 2.31. The Morgan fingerprint density at radius 3 is 2.52 bits per heavy atom. The molecule has 0 fully saturated rings. The van der Waals surface area contributed by atoms with Crippen molar-refractivity contribution < 1.29 is 13.9 Å². The number of carbonyl (C=O) groups excluding carboxylic acids is 1. The number of nitrogens with one attached hydrogen (secondary N) is 1. The van der Waals surface area contributed by atoms with Crippen LogP contribution in [0.5, 0.6) is 5.75 Å². The van der Waals surface area contributed by atoms with Crippen LogP contribution in [0.25, 0.3) is 5.95 Å². The highest BCUT2D eigenvalue weighted by atomic mass is 19.1. The summed E-state index contributed by atoms with van der Waals surface area (Å²) in [7, 11) is 0. The number of hydrogen-bond donors (Lipinski definition) is 1. The molecule has 3 rings (SSSR count). The number of halogens is 1. The molecule has 0 saturated carbocycles. The zero-order valence-electron chi connectivity index (χ0n) is 13.5. The zero-order valence-corrected chi connectivity index (χ0v) is 13.5. The summed E-state index contributed by atoms with van der Waals surface area (Å²) in [5, 5.41) is 6.63. The second-order valence-electron chi connectivity index (χ2n) is 5.56. The molecule has 0 bridgehead atoms. The number of ether oxygens (including phenoxy) is 1. The fraction of sp³-hybridized carbons (Fsp3) is 0.188. The SMILES string of the molecule is CC(C)(Oc1ccc(F)cc1)C(=O)Nc1ncnn1-c1ncccn1. The van der Waals surface area contributed by atoms with Crippen LogP contribution in [-0.4, -0.2) is 36.2 Å². The van der Waals surface area contributed by atoms with E-state index in [1.807, 2.05) is 0 Å². The fourth-order valence-corrected chi connectivity index (χ4v) is 1.97. The fourth-order valence-electron chi connectivity index (χ4n) is 1.97. The van der Waals surface area contributed by atoms with Crippen molar-refractivity contribution in [3.05, 3.63) is 54.9 Å². The molecule has 0 aliphatic heterocycles. The lowest BCUT2D eigenvalue weighted by molar-refractivity contribution is -0.128. The average Bonchev–Trinajstić information content (AvgIpc) is 3.06. The molecule has 1 aromatic carbocycles. The van der Waals surface area contributed by atoms with Gasteiger partial charge in [0.1, 0.15) is 17.9 Å². The molecule has 8 nitrogen and oxygen atoms in total. The number of nitrogens with zero attached hydrogens (tertiary/aromatic N) is 5. The van der Waals surface area contributed by atoms with Crippen LogP contribution < -0.4 is 10.1 Å². The Bertz CT molecular complexity index is 864. The van der Waals surface area contributed by atoms with Gasteiger partial charge >= 0.3 is 0 Å². The minimum absolute atomic E-state index is 0.159. The lowest BCUT2D eigenvalue weighted by Gasteiger charge is -2.25. The van der Waals surface area contributed by atoms with Crippen LogP contribution in [0.4, 0.5) is 10.3 Å². The lowest BCUT2D eigenvalue weighted by atomic mass is 10.1. The number of hydrogen-bond acceptors (Lipinski definition) is 6. The summed E-state index contributed by atoms with van der Waals surface area (Å²) >= 11 is 0. The molecule has 0 atom stereocenters. The summed E-state index contributed by atoms with van der Waals surface area (Å²) in [6, 6.07) is 7.08. The van der Waals surface area contributed by atoms with E-state index >= 15 is 0 Å². The molecule has 2 aromatic heterocycles. The first-order valence-electron chi connectivity index (χ1n) is 7.39.